The zero-order valence-corrected chi connectivity index (χ0v) is 40.8. The van der Waals surface area contributed by atoms with Crippen LogP contribution in [0, 0.1) is 17.8 Å². The normalized spacial score (nSPS) is 26.0. The van der Waals surface area contributed by atoms with Crippen molar-refractivity contribution in [2.24, 2.45) is 22.9 Å². The number of hydrogen-bond donors (Lipinski definition) is 3. The lowest BCUT2D eigenvalue weighted by Crippen LogP contribution is -2.70. The summed E-state index contributed by atoms with van der Waals surface area (Å²) in [7, 11) is 0. The van der Waals surface area contributed by atoms with Gasteiger partial charge in [0.25, 0.3) is 0 Å². The van der Waals surface area contributed by atoms with Crippen LogP contribution in [-0.4, -0.2) is 141 Å². The number of oxime groups is 1. The van der Waals surface area contributed by atoms with Crippen molar-refractivity contribution >= 4 is 11.8 Å². The highest BCUT2D eigenvalue weighted by Gasteiger charge is 2.65. The summed E-state index contributed by atoms with van der Waals surface area (Å²) in [6.07, 6.45) is 22.4. The van der Waals surface area contributed by atoms with Crippen LogP contribution in [0.5, 0.6) is 11.5 Å². The molecule has 14 heteroatoms. The zero-order valence-electron chi connectivity index (χ0n) is 40.8. The van der Waals surface area contributed by atoms with E-state index < -0.39 is 30.1 Å². The predicted molar refractivity (Wildman–Crippen MR) is 259 cm³/mol. The number of ether oxygens (including phenoxy) is 6. The standard InChI is InChI=1S/C53H85N3O11/c1-3-5-6-7-8-9-10-11-12-18-34-64-52(60)56(28-35-61-37-31-59)48-40-46(54-67-49-22-15-19-33-63-49)44-38-41(20-13-16-29-57)43(21-14-17-30-58)50-45-39-42(62-36-27-55-25-26-55)23-24-47(45)66-53(48,51(44)50)65-32-4-2/h4,23-24,38-39,41,43,48-51,57-59H,2-3,5-22,25-37,40H2,1H3. The molecule has 2 aliphatic carbocycles. The van der Waals surface area contributed by atoms with Crippen LogP contribution in [0.25, 0.3) is 0 Å². The first kappa shape index (κ1) is 53.1. The van der Waals surface area contributed by atoms with Gasteiger partial charge in [0, 0.05) is 63.7 Å². The summed E-state index contributed by atoms with van der Waals surface area (Å²) >= 11 is 0. The Morgan fingerprint density at radius 3 is 2.37 bits per heavy atom. The molecule has 6 rings (SSSR count). The topological polar surface area (TPSA) is 161 Å². The third-order valence-electron chi connectivity index (χ3n) is 14.3. The number of benzene rings is 1. The average Bonchev–Trinajstić information content (AvgIpc) is 4.18. The van der Waals surface area contributed by atoms with Crippen molar-refractivity contribution in [2.45, 2.75) is 159 Å². The van der Waals surface area contributed by atoms with Crippen LogP contribution in [0.3, 0.4) is 0 Å². The van der Waals surface area contributed by atoms with Gasteiger partial charge >= 0.3 is 6.09 Å². The third kappa shape index (κ3) is 15.4. The summed E-state index contributed by atoms with van der Waals surface area (Å²) in [5.41, 5.74) is 2.67. The molecule has 1 aromatic rings. The van der Waals surface area contributed by atoms with Gasteiger partial charge in [0.15, 0.2) is 0 Å². The number of amides is 1. The molecule has 7 unspecified atom stereocenters. The van der Waals surface area contributed by atoms with E-state index >= 15 is 0 Å². The molecular formula is C53H85N3O11. The first-order valence-corrected chi connectivity index (χ1v) is 26.3. The Hall–Kier alpha value is -3.24. The number of carbonyl (C=O) groups is 1. The maximum absolute atomic E-state index is 14.8. The van der Waals surface area contributed by atoms with Gasteiger partial charge in [0.1, 0.15) is 24.1 Å². The minimum absolute atomic E-state index is 0.0772. The lowest BCUT2D eigenvalue weighted by molar-refractivity contribution is -0.256. The maximum atomic E-state index is 14.8. The van der Waals surface area contributed by atoms with Crippen molar-refractivity contribution in [1.82, 2.24) is 9.80 Å². The Morgan fingerprint density at radius 2 is 1.67 bits per heavy atom. The predicted octanol–water partition coefficient (Wildman–Crippen LogP) is 8.91. The first-order valence-electron chi connectivity index (χ1n) is 26.3. The van der Waals surface area contributed by atoms with Crippen LogP contribution in [0.15, 0.2) is 47.7 Å². The second kappa shape index (κ2) is 29.1. The largest absolute Gasteiger partial charge is 0.492 e. The van der Waals surface area contributed by atoms with Crippen LogP contribution in [0.2, 0.25) is 0 Å². The number of nitrogens with zero attached hydrogens (tertiary/aromatic N) is 3. The van der Waals surface area contributed by atoms with E-state index in [0.29, 0.717) is 37.5 Å². The average molecular weight is 940 g/mol. The second-order valence-electron chi connectivity index (χ2n) is 19.2. The second-order valence-corrected chi connectivity index (χ2v) is 19.2. The van der Waals surface area contributed by atoms with Crippen LogP contribution in [0.4, 0.5) is 4.79 Å². The molecule has 14 nitrogen and oxygen atoms in total. The number of carbonyl (C=O) groups excluding carboxylic acids is 1. The van der Waals surface area contributed by atoms with Crippen molar-refractivity contribution in [1.29, 1.82) is 0 Å². The van der Waals surface area contributed by atoms with E-state index in [1.807, 2.05) is 12.1 Å². The maximum Gasteiger partial charge on any atom is 0.410 e. The molecule has 0 bridgehead atoms. The fourth-order valence-corrected chi connectivity index (χ4v) is 10.8. The van der Waals surface area contributed by atoms with Gasteiger partial charge in [-0.3, -0.25) is 9.80 Å². The highest BCUT2D eigenvalue weighted by atomic mass is 16.8. The Balaban J connectivity index is 1.40. The van der Waals surface area contributed by atoms with Crippen molar-refractivity contribution in [3.05, 3.63) is 48.1 Å². The summed E-state index contributed by atoms with van der Waals surface area (Å²) in [5.74, 6) is -0.479. The molecule has 3 heterocycles. The van der Waals surface area contributed by atoms with Crippen LogP contribution >= 0.6 is 0 Å². The van der Waals surface area contributed by atoms with Gasteiger partial charge in [0.2, 0.25) is 12.1 Å². The quantitative estimate of drug-likeness (QED) is 0.0261. The fourth-order valence-electron chi connectivity index (χ4n) is 10.8. The molecule has 3 N–H and O–H groups in total. The molecule has 1 amide bonds. The molecule has 1 saturated carbocycles. The lowest BCUT2D eigenvalue weighted by atomic mass is 9.55. The lowest BCUT2D eigenvalue weighted by Gasteiger charge is -2.59. The Labute approximate surface area is 401 Å². The van der Waals surface area contributed by atoms with Gasteiger partial charge in [-0.1, -0.05) is 94.9 Å². The fraction of sp³-hybridized carbons (Fsp3) is 0.774. The number of rotatable bonds is 34. The summed E-state index contributed by atoms with van der Waals surface area (Å²) < 4.78 is 39.0. The molecule has 7 atom stereocenters. The van der Waals surface area contributed by atoms with E-state index in [0.717, 1.165) is 101 Å². The van der Waals surface area contributed by atoms with Crippen LogP contribution in [-0.2, 0) is 23.8 Å². The molecule has 0 aromatic heterocycles. The number of unbranched alkanes of at least 4 members (excludes halogenated alkanes) is 11. The molecule has 0 spiro atoms. The molecular weight excluding hydrogens is 855 g/mol. The van der Waals surface area contributed by atoms with Crippen molar-refractivity contribution in [2.75, 3.05) is 85.6 Å². The van der Waals surface area contributed by atoms with Gasteiger partial charge in [0.05, 0.1) is 51.3 Å². The van der Waals surface area contributed by atoms with Gasteiger partial charge in [-0.25, -0.2) is 4.79 Å². The first-order chi connectivity index (χ1) is 33.0. The summed E-state index contributed by atoms with van der Waals surface area (Å²) in [5, 5.41) is 34.6. The molecule has 3 fully saturated rings. The number of hydrogen-bond acceptors (Lipinski definition) is 13. The Morgan fingerprint density at radius 1 is 0.910 bits per heavy atom. The molecule has 67 heavy (non-hydrogen) atoms. The van der Waals surface area contributed by atoms with Gasteiger partial charge in [-0.15, -0.1) is 6.58 Å². The van der Waals surface area contributed by atoms with Crippen molar-refractivity contribution in [3.8, 4) is 11.5 Å². The number of fused-ring (bicyclic) bond motifs is 2. The number of aliphatic hydroxyl groups excluding tert-OH is 3. The highest BCUT2D eigenvalue weighted by molar-refractivity contribution is 6.03. The highest BCUT2D eigenvalue weighted by Crippen LogP contribution is 2.62. The van der Waals surface area contributed by atoms with Crippen LogP contribution in [0.1, 0.15) is 147 Å². The summed E-state index contributed by atoms with van der Waals surface area (Å²) in [4.78, 5) is 25.1. The monoisotopic (exact) mass is 940 g/mol. The number of allylic oxidation sites excluding steroid dienone is 1. The molecule has 1 aromatic carbocycles. The molecule has 3 aliphatic heterocycles. The number of aliphatic hydroxyl groups is 3. The van der Waals surface area contributed by atoms with E-state index in [1.165, 1.54) is 44.9 Å². The minimum atomic E-state index is -1.43. The molecule has 2 saturated heterocycles. The van der Waals surface area contributed by atoms with Gasteiger partial charge in [-0.2, -0.15) is 0 Å². The minimum Gasteiger partial charge on any atom is -0.492 e. The smallest absolute Gasteiger partial charge is 0.410 e. The summed E-state index contributed by atoms with van der Waals surface area (Å²) in [6.45, 7) is 11.5. The molecule has 378 valence electrons. The molecule has 5 aliphatic rings. The zero-order chi connectivity index (χ0) is 47.1. The van der Waals surface area contributed by atoms with E-state index in [-0.39, 0.29) is 77.0 Å². The van der Waals surface area contributed by atoms with E-state index in [4.69, 9.17) is 38.4 Å². The van der Waals surface area contributed by atoms with E-state index in [1.54, 1.807) is 11.0 Å². The Kier molecular flexibility index (Phi) is 23.0. The third-order valence-corrected chi connectivity index (χ3v) is 14.3. The summed E-state index contributed by atoms with van der Waals surface area (Å²) in [6, 6.07) is 5.33. The van der Waals surface area contributed by atoms with Crippen molar-refractivity contribution < 1.29 is 53.4 Å². The van der Waals surface area contributed by atoms with E-state index in [2.05, 4.69) is 30.5 Å². The molecule has 0 radical (unpaired) electrons. The van der Waals surface area contributed by atoms with Gasteiger partial charge in [-0.05, 0) is 80.6 Å². The van der Waals surface area contributed by atoms with Crippen LogP contribution < -0.4 is 9.47 Å². The Bertz CT molecular complexity index is 1670. The van der Waals surface area contributed by atoms with E-state index in [9.17, 15) is 20.1 Å². The van der Waals surface area contributed by atoms with Gasteiger partial charge < -0.3 is 48.6 Å². The SMILES string of the molecule is C=CCOC12Oc3ccc(OCCN4CC4)cc3C3C(CCCCO)C(CCCCO)C=C(C(=NOC4CCCCO4)CC1N(CCOCCO)C(=O)OCCCCCCCCCCCC)C32. The van der Waals surface area contributed by atoms with Crippen molar-refractivity contribution in [3.63, 3.8) is 0 Å².